The zero-order valence-corrected chi connectivity index (χ0v) is 20.5. The summed E-state index contributed by atoms with van der Waals surface area (Å²) in [4.78, 5) is 22.8. The molecule has 0 amide bonds. The first-order chi connectivity index (χ1) is 18.0. The zero-order valence-electron chi connectivity index (χ0n) is 20.5. The van der Waals surface area contributed by atoms with E-state index in [2.05, 4.69) is 24.3 Å². The summed E-state index contributed by atoms with van der Waals surface area (Å²) in [6.07, 6.45) is 8.06. The Hall–Kier alpha value is -4.32. The number of benzene rings is 3. The molecule has 0 saturated heterocycles. The Bertz CT molecular complexity index is 1440. The van der Waals surface area contributed by atoms with E-state index in [-0.39, 0.29) is 12.0 Å². The summed E-state index contributed by atoms with van der Waals surface area (Å²) in [5.74, 6) is -0.534. The average molecular weight is 496 g/mol. The lowest BCUT2D eigenvalue weighted by Crippen LogP contribution is -2.11. The van der Waals surface area contributed by atoms with E-state index in [1.165, 1.54) is 11.1 Å². The number of aryl methyl sites for hydroxylation is 1. The Balaban J connectivity index is 1.27. The Labute approximate surface area is 215 Å². The van der Waals surface area contributed by atoms with Crippen LogP contribution in [0.15, 0.2) is 72.9 Å². The van der Waals surface area contributed by atoms with Crippen LogP contribution in [0.25, 0.3) is 23.1 Å². The highest BCUT2D eigenvalue weighted by atomic mass is 16.5. The molecule has 1 aliphatic rings. The van der Waals surface area contributed by atoms with Crippen LogP contribution >= 0.6 is 0 Å². The second-order valence-corrected chi connectivity index (χ2v) is 9.54. The summed E-state index contributed by atoms with van der Waals surface area (Å²) in [5, 5.41) is 19.4. The van der Waals surface area contributed by atoms with Gasteiger partial charge in [0.15, 0.2) is 0 Å². The largest absolute Gasteiger partial charge is 0.493 e. The van der Waals surface area contributed by atoms with Gasteiger partial charge >= 0.3 is 11.9 Å². The number of rotatable bonds is 10. The van der Waals surface area contributed by atoms with Gasteiger partial charge in [0, 0.05) is 36.0 Å². The molecule has 0 fully saturated rings. The van der Waals surface area contributed by atoms with Gasteiger partial charge in [-0.05, 0) is 59.7 Å². The maximum atomic E-state index is 11.9. The van der Waals surface area contributed by atoms with E-state index >= 15 is 0 Å². The SMILES string of the molecule is O=C(O)CCCn1cc(C(=O)O)c2c(C=Cc3ccc(OCC4Cc5ccccc5C4)cc3)cccc21. The number of hydrogen-bond acceptors (Lipinski definition) is 3. The van der Waals surface area contributed by atoms with Crippen LogP contribution in [-0.4, -0.2) is 33.3 Å². The molecule has 6 heteroatoms. The quantitative estimate of drug-likeness (QED) is 0.257. The number of fused-ring (bicyclic) bond motifs is 2. The average Bonchev–Trinajstić information content (AvgIpc) is 3.48. The van der Waals surface area contributed by atoms with Gasteiger partial charge in [0.25, 0.3) is 0 Å². The standard InChI is InChI=1S/C31H29NO5/c33-29(34)9-4-16-32-19-27(31(35)36)30-23(7-3-8-28(30)32)13-10-21-11-14-26(15-12-21)37-20-22-17-24-5-1-2-6-25(24)18-22/h1-3,5-8,10-15,19,22H,4,9,16-18,20H2,(H,33,34)(H,35,36). The molecule has 1 aliphatic carbocycles. The molecule has 5 rings (SSSR count). The van der Waals surface area contributed by atoms with Gasteiger partial charge in [-0.2, -0.15) is 0 Å². The van der Waals surface area contributed by atoms with Crippen LogP contribution in [0.3, 0.4) is 0 Å². The van der Waals surface area contributed by atoms with E-state index in [4.69, 9.17) is 9.84 Å². The lowest BCUT2D eigenvalue weighted by molar-refractivity contribution is -0.137. The van der Waals surface area contributed by atoms with Crippen molar-refractivity contribution >= 4 is 35.0 Å². The minimum absolute atomic E-state index is 0.0374. The number of aromatic carboxylic acids is 1. The number of aliphatic carboxylic acids is 1. The summed E-state index contributed by atoms with van der Waals surface area (Å²) < 4.78 is 7.89. The molecular formula is C31H29NO5. The maximum Gasteiger partial charge on any atom is 0.337 e. The van der Waals surface area contributed by atoms with Crippen LogP contribution in [0.5, 0.6) is 5.75 Å². The smallest absolute Gasteiger partial charge is 0.337 e. The van der Waals surface area contributed by atoms with Crippen LogP contribution in [0.2, 0.25) is 0 Å². The van der Waals surface area contributed by atoms with Crippen LogP contribution in [-0.2, 0) is 24.2 Å². The van der Waals surface area contributed by atoms with Crippen LogP contribution in [0.4, 0.5) is 0 Å². The summed E-state index contributed by atoms with van der Waals surface area (Å²) in [7, 11) is 0. The summed E-state index contributed by atoms with van der Waals surface area (Å²) in [5.41, 5.74) is 5.62. The predicted octanol–water partition coefficient (Wildman–Crippen LogP) is 6.17. The van der Waals surface area contributed by atoms with Crippen LogP contribution in [0, 0.1) is 5.92 Å². The summed E-state index contributed by atoms with van der Waals surface area (Å²) >= 11 is 0. The van der Waals surface area contributed by atoms with Crippen molar-refractivity contribution < 1.29 is 24.5 Å². The van der Waals surface area contributed by atoms with Gasteiger partial charge in [0.05, 0.1) is 12.2 Å². The van der Waals surface area contributed by atoms with E-state index in [0.29, 0.717) is 30.9 Å². The summed E-state index contributed by atoms with van der Waals surface area (Å²) in [6, 6.07) is 22.1. The molecule has 0 saturated carbocycles. The first kappa shape index (κ1) is 24.4. The molecule has 0 bridgehead atoms. The monoisotopic (exact) mass is 495 g/mol. The van der Waals surface area contributed by atoms with E-state index in [0.717, 1.165) is 35.2 Å². The second kappa shape index (κ2) is 10.7. The van der Waals surface area contributed by atoms with Crippen LogP contribution in [0.1, 0.15) is 45.5 Å². The number of hydrogen-bond donors (Lipinski definition) is 2. The van der Waals surface area contributed by atoms with Gasteiger partial charge in [0.1, 0.15) is 5.75 Å². The molecule has 0 atom stereocenters. The molecule has 2 N–H and O–H groups in total. The van der Waals surface area contributed by atoms with Crippen molar-refractivity contribution in [3.8, 4) is 5.75 Å². The third kappa shape index (κ3) is 5.59. The van der Waals surface area contributed by atoms with Crippen molar-refractivity contribution in [1.29, 1.82) is 0 Å². The molecule has 1 heterocycles. The van der Waals surface area contributed by atoms with Crippen molar-refractivity contribution in [1.82, 2.24) is 4.57 Å². The highest BCUT2D eigenvalue weighted by Crippen LogP contribution is 2.29. The fraction of sp³-hybridized carbons (Fsp3) is 0.226. The number of ether oxygens (including phenoxy) is 1. The third-order valence-electron chi connectivity index (χ3n) is 6.92. The Morgan fingerprint density at radius 2 is 1.65 bits per heavy atom. The predicted molar refractivity (Wildman–Crippen MR) is 144 cm³/mol. The molecule has 188 valence electrons. The normalized spacial score (nSPS) is 13.3. The number of carboxylic acid groups (broad SMARTS) is 2. The van der Waals surface area contributed by atoms with Gasteiger partial charge < -0.3 is 19.5 Å². The van der Waals surface area contributed by atoms with E-state index in [1.807, 2.05) is 59.2 Å². The molecule has 37 heavy (non-hydrogen) atoms. The molecule has 0 aliphatic heterocycles. The summed E-state index contributed by atoms with van der Waals surface area (Å²) in [6.45, 7) is 1.13. The lowest BCUT2D eigenvalue weighted by atomic mass is 10.0. The van der Waals surface area contributed by atoms with Gasteiger partial charge in [0.2, 0.25) is 0 Å². The number of carbonyl (C=O) groups is 2. The molecular weight excluding hydrogens is 466 g/mol. The van der Waals surface area contributed by atoms with Gasteiger partial charge in [-0.1, -0.05) is 60.7 Å². The van der Waals surface area contributed by atoms with E-state index in [9.17, 15) is 14.7 Å². The Kier molecular flexibility index (Phi) is 7.08. The number of carboxylic acids is 2. The fourth-order valence-corrected chi connectivity index (χ4v) is 5.11. The molecule has 0 radical (unpaired) electrons. The topological polar surface area (TPSA) is 88.8 Å². The third-order valence-corrected chi connectivity index (χ3v) is 6.92. The minimum atomic E-state index is -1.00. The highest BCUT2D eigenvalue weighted by Gasteiger charge is 2.21. The van der Waals surface area contributed by atoms with Gasteiger partial charge in [-0.25, -0.2) is 4.79 Å². The number of aromatic nitrogens is 1. The van der Waals surface area contributed by atoms with Gasteiger partial charge in [-0.3, -0.25) is 4.79 Å². The number of nitrogens with zero attached hydrogens (tertiary/aromatic N) is 1. The fourth-order valence-electron chi connectivity index (χ4n) is 5.11. The zero-order chi connectivity index (χ0) is 25.8. The minimum Gasteiger partial charge on any atom is -0.493 e. The Morgan fingerprint density at radius 3 is 2.32 bits per heavy atom. The molecule has 4 aromatic rings. The van der Waals surface area contributed by atoms with E-state index < -0.39 is 11.9 Å². The van der Waals surface area contributed by atoms with Crippen molar-refractivity contribution in [3.63, 3.8) is 0 Å². The molecule has 0 spiro atoms. The van der Waals surface area contributed by atoms with Gasteiger partial charge in [-0.15, -0.1) is 0 Å². The van der Waals surface area contributed by atoms with Crippen molar-refractivity contribution in [2.24, 2.45) is 5.92 Å². The van der Waals surface area contributed by atoms with Crippen molar-refractivity contribution in [2.75, 3.05) is 6.61 Å². The van der Waals surface area contributed by atoms with Crippen molar-refractivity contribution in [3.05, 3.63) is 101 Å². The molecule has 0 unspecified atom stereocenters. The first-order valence-electron chi connectivity index (χ1n) is 12.5. The Morgan fingerprint density at radius 1 is 0.919 bits per heavy atom. The molecule has 3 aromatic carbocycles. The van der Waals surface area contributed by atoms with Crippen LogP contribution < -0.4 is 4.74 Å². The first-order valence-corrected chi connectivity index (χ1v) is 12.5. The van der Waals surface area contributed by atoms with E-state index in [1.54, 1.807) is 6.20 Å². The molecule has 6 nitrogen and oxygen atoms in total. The lowest BCUT2D eigenvalue weighted by Gasteiger charge is -2.11. The highest BCUT2D eigenvalue weighted by molar-refractivity contribution is 6.07. The molecule has 1 aromatic heterocycles. The maximum absolute atomic E-state index is 11.9. The second-order valence-electron chi connectivity index (χ2n) is 9.54. The van der Waals surface area contributed by atoms with Crippen molar-refractivity contribution in [2.45, 2.75) is 32.2 Å².